The lowest BCUT2D eigenvalue weighted by molar-refractivity contribution is 0.298. The number of ether oxygens (including phenoxy) is 1. The second kappa shape index (κ2) is 10.9. The number of imidazole rings is 1. The van der Waals surface area contributed by atoms with Crippen LogP contribution in [0.2, 0.25) is 0 Å². The van der Waals surface area contributed by atoms with E-state index < -0.39 is 0 Å². The zero-order valence-electron chi connectivity index (χ0n) is 18.8. The summed E-state index contributed by atoms with van der Waals surface area (Å²) >= 11 is 0. The largest absolute Gasteiger partial charge is 0.493 e. The molecule has 0 saturated heterocycles. The van der Waals surface area contributed by atoms with E-state index in [1.807, 2.05) is 12.4 Å². The SMILES string of the molecule is CC[CH]CCc1c(OCCCn2cnc(-c3ccccc3)c2C)cccc1N(C)C. The fraction of sp³-hybridized carbons (Fsp3) is 0.385. The molecule has 1 radical (unpaired) electrons. The number of aryl methyl sites for hydroxylation is 1. The second-order valence-corrected chi connectivity index (χ2v) is 7.82. The highest BCUT2D eigenvalue weighted by molar-refractivity contribution is 5.61. The number of rotatable bonds is 11. The molecule has 4 nitrogen and oxygen atoms in total. The number of anilines is 1. The summed E-state index contributed by atoms with van der Waals surface area (Å²) in [6, 6.07) is 16.7. The average molecular weight is 405 g/mol. The number of aromatic nitrogens is 2. The van der Waals surface area contributed by atoms with Crippen LogP contribution in [0, 0.1) is 13.3 Å². The van der Waals surface area contributed by atoms with Crippen LogP contribution in [0.4, 0.5) is 5.69 Å². The summed E-state index contributed by atoms with van der Waals surface area (Å²) in [5, 5.41) is 0. The highest BCUT2D eigenvalue weighted by atomic mass is 16.5. The Kier molecular flexibility index (Phi) is 7.95. The Morgan fingerprint density at radius 2 is 1.87 bits per heavy atom. The predicted octanol–water partition coefficient (Wildman–Crippen LogP) is 5.94. The third kappa shape index (κ3) is 5.44. The summed E-state index contributed by atoms with van der Waals surface area (Å²) in [6.07, 6.45) is 8.42. The molecule has 159 valence electrons. The van der Waals surface area contributed by atoms with Gasteiger partial charge in [0.2, 0.25) is 0 Å². The molecule has 2 aromatic carbocycles. The maximum Gasteiger partial charge on any atom is 0.124 e. The standard InChI is InChI=1S/C26H34N3O/c1-5-6-8-15-23-24(28(3)4)16-11-17-25(23)30-19-12-18-29-20-27-26(21(29)2)22-13-9-7-10-14-22/h6-7,9-11,13-14,16-17,20H,5,8,12,15,18-19H2,1-4H3. The van der Waals surface area contributed by atoms with Gasteiger partial charge in [-0.1, -0.05) is 49.7 Å². The fourth-order valence-electron chi connectivity index (χ4n) is 3.78. The number of hydrogen-bond donors (Lipinski definition) is 0. The molecular formula is C26H34N3O. The Hall–Kier alpha value is -2.75. The van der Waals surface area contributed by atoms with Gasteiger partial charge in [-0.25, -0.2) is 4.98 Å². The number of hydrogen-bond acceptors (Lipinski definition) is 3. The average Bonchev–Trinajstić information content (AvgIpc) is 3.12. The van der Waals surface area contributed by atoms with Crippen molar-refractivity contribution in [3.8, 4) is 17.0 Å². The van der Waals surface area contributed by atoms with Crippen LogP contribution in [-0.2, 0) is 13.0 Å². The molecule has 0 unspecified atom stereocenters. The first-order valence-corrected chi connectivity index (χ1v) is 10.9. The monoisotopic (exact) mass is 404 g/mol. The number of nitrogens with zero attached hydrogens (tertiary/aromatic N) is 3. The van der Waals surface area contributed by atoms with Crippen LogP contribution in [0.1, 0.15) is 37.4 Å². The summed E-state index contributed by atoms with van der Waals surface area (Å²) in [6.45, 7) is 5.92. The van der Waals surface area contributed by atoms with Gasteiger partial charge in [-0.05, 0) is 44.7 Å². The van der Waals surface area contributed by atoms with Gasteiger partial charge in [0.25, 0.3) is 0 Å². The van der Waals surface area contributed by atoms with Crippen LogP contribution in [0.5, 0.6) is 5.75 Å². The Morgan fingerprint density at radius 3 is 2.60 bits per heavy atom. The summed E-state index contributed by atoms with van der Waals surface area (Å²) in [4.78, 5) is 6.80. The molecule has 0 fully saturated rings. The summed E-state index contributed by atoms with van der Waals surface area (Å²) < 4.78 is 8.46. The van der Waals surface area contributed by atoms with Crippen molar-refractivity contribution in [1.82, 2.24) is 9.55 Å². The van der Waals surface area contributed by atoms with Gasteiger partial charge in [-0.2, -0.15) is 0 Å². The van der Waals surface area contributed by atoms with E-state index in [-0.39, 0.29) is 0 Å². The quantitative estimate of drug-likeness (QED) is 0.371. The Balaban J connectivity index is 1.60. The zero-order valence-corrected chi connectivity index (χ0v) is 18.8. The van der Waals surface area contributed by atoms with E-state index in [2.05, 4.69) is 91.3 Å². The molecule has 30 heavy (non-hydrogen) atoms. The van der Waals surface area contributed by atoms with E-state index in [9.17, 15) is 0 Å². The molecule has 0 aliphatic heterocycles. The Morgan fingerprint density at radius 1 is 1.07 bits per heavy atom. The van der Waals surface area contributed by atoms with E-state index in [0.29, 0.717) is 6.61 Å². The molecule has 0 saturated carbocycles. The Labute approximate surface area is 181 Å². The first kappa shape index (κ1) is 21.9. The van der Waals surface area contributed by atoms with Crippen molar-refractivity contribution in [2.45, 2.75) is 46.1 Å². The van der Waals surface area contributed by atoms with E-state index in [0.717, 1.165) is 43.7 Å². The van der Waals surface area contributed by atoms with Crippen LogP contribution < -0.4 is 9.64 Å². The van der Waals surface area contributed by atoms with Crippen molar-refractivity contribution in [2.75, 3.05) is 25.6 Å². The molecule has 0 spiro atoms. The number of unbranched alkanes of at least 4 members (excludes halogenated alkanes) is 2. The van der Waals surface area contributed by atoms with Gasteiger partial charge in [0.1, 0.15) is 5.75 Å². The van der Waals surface area contributed by atoms with E-state index in [1.165, 1.54) is 22.5 Å². The Bertz CT molecular complexity index is 915. The van der Waals surface area contributed by atoms with Crippen LogP contribution >= 0.6 is 0 Å². The van der Waals surface area contributed by atoms with E-state index in [1.54, 1.807) is 0 Å². The van der Waals surface area contributed by atoms with Crippen LogP contribution in [-0.4, -0.2) is 30.3 Å². The minimum absolute atomic E-state index is 0.694. The maximum atomic E-state index is 6.24. The van der Waals surface area contributed by atoms with Gasteiger partial charge >= 0.3 is 0 Å². The molecule has 3 aromatic rings. The molecule has 0 atom stereocenters. The lowest BCUT2D eigenvalue weighted by atomic mass is 10.0. The molecule has 0 amide bonds. The first-order valence-electron chi connectivity index (χ1n) is 10.9. The van der Waals surface area contributed by atoms with Gasteiger partial charge in [0.15, 0.2) is 0 Å². The normalized spacial score (nSPS) is 10.9. The molecule has 3 rings (SSSR count). The van der Waals surface area contributed by atoms with Gasteiger partial charge < -0.3 is 14.2 Å². The predicted molar refractivity (Wildman–Crippen MR) is 126 cm³/mol. The number of benzene rings is 2. The van der Waals surface area contributed by atoms with Crippen molar-refractivity contribution in [3.05, 3.63) is 72.5 Å². The molecule has 0 bridgehead atoms. The molecule has 0 aliphatic carbocycles. The topological polar surface area (TPSA) is 30.3 Å². The molecule has 1 heterocycles. The highest BCUT2D eigenvalue weighted by Crippen LogP contribution is 2.30. The van der Waals surface area contributed by atoms with Crippen molar-refractivity contribution >= 4 is 5.69 Å². The molecular weight excluding hydrogens is 370 g/mol. The summed E-state index contributed by atoms with van der Waals surface area (Å²) in [5.41, 5.74) is 5.97. The van der Waals surface area contributed by atoms with Gasteiger partial charge in [0.05, 0.1) is 18.6 Å². The molecule has 1 aromatic heterocycles. The highest BCUT2D eigenvalue weighted by Gasteiger charge is 2.12. The lowest BCUT2D eigenvalue weighted by Crippen LogP contribution is -2.13. The second-order valence-electron chi connectivity index (χ2n) is 7.82. The van der Waals surface area contributed by atoms with Gasteiger partial charge in [0, 0.05) is 43.1 Å². The lowest BCUT2D eigenvalue weighted by Gasteiger charge is -2.21. The molecule has 0 aliphatic rings. The third-order valence-electron chi connectivity index (χ3n) is 5.43. The van der Waals surface area contributed by atoms with Crippen LogP contribution in [0.3, 0.4) is 0 Å². The van der Waals surface area contributed by atoms with Gasteiger partial charge in [-0.15, -0.1) is 0 Å². The van der Waals surface area contributed by atoms with Crippen LogP contribution in [0.15, 0.2) is 54.9 Å². The van der Waals surface area contributed by atoms with Crippen LogP contribution in [0.25, 0.3) is 11.3 Å². The van der Waals surface area contributed by atoms with E-state index in [4.69, 9.17) is 4.74 Å². The summed E-state index contributed by atoms with van der Waals surface area (Å²) in [7, 11) is 4.19. The minimum atomic E-state index is 0.694. The molecule has 4 heteroatoms. The third-order valence-corrected chi connectivity index (χ3v) is 5.43. The zero-order chi connectivity index (χ0) is 21.3. The van der Waals surface area contributed by atoms with Crippen molar-refractivity contribution in [3.63, 3.8) is 0 Å². The van der Waals surface area contributed by atoms with Crippen molar-refractivity contribution in [1.29, 1.82) is 0 Å². The van der Waals surface area contributed by atoms with Crippen molar-refractivity contribution < 1.29 is 4.74 Å². The first-order chi connectivity index (χ1) is 14.6. The minimum Gasteiger partial charge on any atom is -0.493 e. The smallest absolute Gasteiger partial charge is 0.124 e. The maximum absolute atomic E-state index is 6.24. The van der Waals surface area contributed by atoms with Crippen molar-refractivity contribution in [2.24, 2.45) is 0 Å². The summed E-state index contributed by atoms with van der Waals surface area (Å²) in [5.74, 6) is 1.01. The van der Waals surface area contributed by atoms with E-state index >= 15 is 0 Å². The van der Waals surface area contributed by atoms with Gasteiger partial charge in [-0.3, -0.25) is 0 Å². The fourth-order valence-corrected chi connectivity index (χ4v) is 3.78. The molecule has 0 N–H and O–H groups in total.